The van der Waals surface area contributed by atoms with Gasteiger partial charge in [-0.3, -0.25) is 14.9 Å². The molecule has 2 aromatic carbocycles. The van der Waals surface area contributed by atoms with Crippen LogP contribution in [-0.4, -0.2) is 27.8 Å². The Morgan fingerprint density at radius 2 is 1.86 bits per heavy atom. The molecule has 146 valence electrons. The summed E-state index contributed by atoms with van der Waals surface area (Å²) in [6, 6.07) is 14.0. The Morgan fingerprint density at radius 3 is 2.57 bits per heavy atom. The van der Waals surface area contributed by atoms with E-state index in [0.29, 0.717) is 11.0 Å². The van der Waals surface area contributed by atoms with Crippen molar-refractivity contribution >= 4 is 40.4 Å². The summed E-state index contributed by atoms with van der Waals surface area (Å²) in [4.78, 5) is 32.8. The Kier molecular flexibility index (Phi) is 6.31. The second-order valence-corrected chi connectivity index (χ2v) is 7.20. The molecule has 0 fully saturated rings. The van der Waals surface area contributed by atoms with Crippen LogP contribution in [0.3, 0.4) is 0 Å². The fraction of sp³-hybridized carbons (Fsp3) is 0.286. The zero-order valence-electron chi connectivity index (χ0n) is 15.8. The summed E-state index contributed by atoms with van der Waals surface area (Å²) in [5, 5.41) is 6.16. The molecule has 7 heteroatoms. The lowest BCUT2D eigenvalue weighted by Gasteiger charge is -2.23. The third kappa shape index (κ3) is 4.70. The molecule has 0 aliphatic rings. The third-order valence-electron chi connectivity index (χ3n) is 4.75. The first-order chi connectivity index (χ1) is 13.5. The molecule has 28 heavy (non-hydrogen) atoms. The number of anilines is 1. The van der Waals surface area contributed by atoms with Gasteiger partial charge in [-0.05, 0) is 29.7 Å². The van der Waals surface area contributed by atoms with E-state index >= 15 is 0 Å². The van der Waals surface area contributed by atoms with Crippen molar-refractivity contribution in [3.63, 3.8) is 0 Å². The molecule has 0 aliphatic carbocycles. The molecule has 0 saturated carbocycles. The summed E-state index contributed by atoms with van der Waals surface area (Å²) >= 11 is 6.13. The Hall–Kier alpha value is -2.86. The molecule has 3 N–H and O–H groups in total. The fourth-order valence-electron chi connectivity index (χ4n) is 2.95. The molecule has 0 unspecified atom stereocenters. The molecule has 0 bridgehead atoms. The maximum Gasteiger partial charge on any atom is 0.249 e. The van der Waals surface area contributed by atoms with Crippen molar-refractivity contribution in [2.24, 2.45) is 5.92 Å². The number of carbonyl (C=O) groups is 2. The molecule has 3 aromatic rings. The largest absolute Gasteiger partial charge is 0.344 e. The molecule has 1 aromatic heterocycles. The quantitative estimate of drug-likeness (QED) is 0.563. The van der Waals surface area contributed by atoms with E-state index in [9.17, 15) is 9.59 Å². The van der Waals surface area contributed by atoms with Gasteiger partial charge in [-0.15, -0.1) is 0 Å². The summed E-state index contributed by atoms with van der Waals surface area (Å²) in [6.07, 6.45) is 0.856. The van der Waals surface area contributed by atoms with E-state index in [1.54, 1.807) is 12.1 Å². The predicted molar refractivity (Wildman–Crippen MR) is 111 cm³/mol. The molecule has 0 aliphatic heterocycles. The first-order valence-electron chi connectivity index (χ1n) is 9.26. The summed E-state index contributed by atoms with van der Waals surface area (Å²) in [5.41, 5.74) is 2.32. The zero-order chi connectivity index (χ0) is 20.1. The van der Waals surface area contributed by atoms with Crippen LogP contribution < -0.4 is 10.6 Å². The van der Waals surface area contributed by atoms with Crippen LogP contribution in [0.15, 0.2) is 48.5 Å². The van der Waals surface area contributed by atoms with Crippen molar-refractivity contribution < 1.29 is 9.59 Å². The maximum absolute atomic E-state index is 12.8. The van der Waals surface area contributed by atoms with E-state index in [-0.39, 0.29) is 24.2 Å². The number of nitrogens with one attached hydrogen (secondary N) is 3. The van der Waals surface area contributed by atoms with Crippen LogP contribution in [0.4, 0.5) is 5.95 Å². The number of para-hydroxylation sites is 2. The number of H-pyrrole nitrogens is 1. The van der Waals surface area contributed by atoms with Gasteiger partial charge in [0, 0.05) is 5.02 Å². The van der Waals surface area contributed by atoms with Crippen molar-refractivity contribution in [2.45, 2.75) is 32.7 Å². The summed E-state index contributed by atoms with van der Waals surface area (Å²) in [7, 11) is 0. The predicted octanol–water partition coefficient (Wildman–Crippen LogP) is 3.93. The topological polar surface area (TPSA) is 86.9 Å². The van der Waals surface area contributed by atoms with Crippen LogP contribution in [0.5, 0.6) is 0 Å². The molecule has 2 atom stereocenters. The molecule has 0 radical (unpaired) electrons. The van der Waals surface area contributed by atoms with Crippen molar-refractivity contribution in [1.82, 2.24) is 15.3 Å². The van der Waals surface area contributed by atoms with Gasteiger partial charge in [-0.1, -0.05) is 62.2 Å². The highest BCUT2D eigenvalue weighted by molar-refractivity contribution is 6.31. The fourth-order valence-corrected chi connectivity index (χ4v) is 3.15. The molecule has 0 saturated heterocycles. The minimum Gasteiger partial charge on any atom is -0.344 e. The van der Waals surface area contributed by atoms with Gasteiger partial charge in [0.1, 0.15) is 6.04 Å². The average Bonchev–Trinajstić information content (AvgIpc) is 3.09. The smallest absolute Gasteiger partial charge is 0.249 e. The van der Waals surface area contributed by atoms with E-state index in [1.807, 2.05) is 50.2 Å². The van der Waals surface area contributed by atoms with Gasteiger partial charge in [0.05, 0.1) is 17.5 Å². The highest BCUT2D eigenvalue weighted by atomic mass is 35.5. The van der Waals surface area contributed by atoms with Crippen molar-refractivity contribution in [3.8, 4) is 0 Å². The normalized spacial score (nSPS) is 13.1. The van der Waals surface area contributed by atoms with Gasteiger partial charge in [0.25, 0.3) is 0 Å². The van der Waals surface area contributed by atoms with Gasteiger partial charge in [0.15, 0.2) is 0 Å². The Balaban J connectivity index is 1.71. The molecule has 6 nitrogen and oxygen atoms in total. The highest BCUT2D eigenvalue weighted by Gasteiger charge is 2.26. The lowest BCUT2D eigenvalue weighted by atomic mass is 9.98. The first kappa shape index (κ1) is 19.9. The van der Waals surface area contributed by atoms with Crippen LogP contribution in [0.25, 0.3) is 11.0 Å². The number of aromatic amines is 1. The van der Waals surface area contributed by atoms with Crippen molar-refractivity contribution in [1.29, 1.82) is 0 Å². The standard InChI is InChI=1S/C21H23ClN4O2/c1-3-13(2)19(25-18(27)12-14-8-4-5-9-15(14)22)20(28)26-21-23-16-10-6-7-11-17(16)24-21/h4-11,13,19H,3,12H2,1-2H3,(H,25,27)(H2,23,24,26,28)/t13-,19+/m1/s1. The van der Waals surface area contributed by atoms with E-state index in [0.717, 1.165) is 23.0 Å². The number of nitrogens with zero attached hydrogens (tertiary/aromatic N) is 1. The van der Waals surface area contributed by atoms with Gasteiger partial charge in [0.2, 0.25) is 17.8 Å². The lowest BCUT2D eigenvalue weighted by Crippen LogP contribution is -2.48. The third-order valence-corrected chi connectivity index (χ3v) is 5.12. The number of hydrogen-bond acceptors (Lipinski definition) is 3. The van der Waals surface area contributed by atoms with E-state index in [4.69, 9.17) is 11.6 Å². The highest BCUT2D eigenvalue weighted by Crippen LogP contribution is 2.17. The number of fused-ring (bicyclic) bond motifs is 1. The first-order valence-corrected chi connectivity index (χ1v) is 9.64. The van der Waals surface area contributed by atoms with Crippen LogP contribution in [-0.2, 0) is 16.0 Å². The summed E-state index contributed by atoms with van der Waals surface area (Å²) in [5.74, 6) is -0.237. The van der Waals surface area contributed by atoms with Gasteiger partial charge < -0.3 is 10.3 Å². The molecular weight excluding hydrogens is 376 g/mol. The Morgan fingerprint density at radius 1 is 1.14 bits per heavy atom. The number of amides is 2. The van der Waals surface area contributed by atoms with E-state index < -0.39 is 6.04 Å². The van der Waals surface area contributed by atoms with Gasteiger partial charge >= 0.3 is 0 Å². The second kappa shape index (κ2) is 8.89. The Bertz CT molecular complexity index is 952. The lowest BCUT2D eigenvalue weighted by molar-refractivity contribution is -0.127. The maximum atomic E-state index is 12.8. The number of halogens is 1. The van der Waals surface area contributed by atoms with E-state index in [2.05, 4.69) is 20.6 Å². The summed E-state index contributed by atoms with van der Waals surface area (Å²) < 4.78 is 0. The molecule has 1 heterocycles. The van der Waals surface area contributed by atoms with Gasteiger partial charge in [-0.2, -0.15) is 0 Å². The molecule has 0 spiro atoms. The van der Waals surface area contributed by atoms with Crippen LogP contribution in [0, 0.1) is 5.92 Å². The molecule has 3 rings (SSSR count). The second-order valence-electron chi connectivity index (χ2n) is 6.79. The van der Waals surface area contributed by atoms with Crippen molar-refractivity contribution in [3.05, 3.63) is 59.1 Å². The number of imidazole rings is 1. The Labute approximate surface area is 168 Å². The SMILES string of the molecule is CC[C@@H](C)[C@H](NC(=O)Cc1ccccc1Cl)C(=O)Nc1nc2ccccc2[nH]1. The van der Waals surface area contributed by atoms with E-state index in [1.165, 1.54) is 0 Å². The zero-order valence-corrected chi connectivity index (χ0v) is 16.6. The number of benzene rings is 2. The minimum absolute atomic E-state index is 0.0421. The number of aromatic nitrogens is 2. The number of hydrogen-bond donors (Lipinski definition) is 3. The summed E-state index contributed by atoms with van der Waals surface area (Å²) in [6.45, 7) is 3.91. The minimum atomic E-state index is -0.673. The van der Waals surface area contributed by atoms with Crippen LogP contribution in [0.2, 0.25) is 5.02 Å². The molecular formula is C21H23ClN4O2. The van der Waals surface area contributed by atoms with Gasteiger partial charge in [-0.25, -0.2) is 4.98 Å². The van der Waals surface area contributed by atoms with Crippen molar-refractivity contribution in [2.75, 3.05) is 5.32 Å². The number of carbonyl (C=O) groups excluding carboxylic acids is 2. The monoisotopic (exact) mass is 398 g/mol. The van der Waals surface area contributed by atoms with Crippen LogP contribution in [0.1, 0.15) is 25.8 Å². The average molecular weight is 399 g/mol. The van der Waals surface area contributed by atoms with Crippen LogP contribution >= 0.6 is 11.6 Å². The number of rotatable bonds is 7. The molecule has 2 amide bonds.